The smallest absolute Gasteiger partial charge is 0.315 e. The number of halogens is 2. The fourth-order valence-corrected chi connectivity index (χ4v) is 3.89. The average molecular weight is 436 g/mol. The Morgan fingerprint density at radius 2 is 2.13 bits per heavy atom. The van der Waals surface area contributed by atoms with Gasteiger partial charge < -0.3 is 21.1 Å². The van der Waals surface area contributed by atoms with E-state index in [1.54, 1.807) is 6.07 Å². The first-order chi connectivity index (χ1) is 14.4. The van der Waals surface area contributed by atoms with E-state index >= 15 is 0 Å². The molecule has 2 heterocycles. The van der Waals surface area contributed by atoms with Crippen LogP contribution in [0.15, 0.2) is 18.2 Å². The molecule has 7 nitrogen and oxygen atoms in total. The Morgan fingerprint density at radius 1 is 1.37 bits per heavy atom. The van der Waals surface area contributed by atoms with Crippen molar-refractivity contribution in [3.8, 4) is 0 Å². The topological polar surface area (TPSA) is 104 Å². The second kappa shape index (κ2) is 9.57. The number of hydrogen-bond donors (Lipinski definition) is 3. The summed E-state index contributed by atoms with van der Waals surface area (Å²) in [5.74, 6) is -0.257. The van der Waals surface area contributed by atoms with E-state index in [4.69, 9.17) is 22.3 Å². The van der Waals surface area contributed by atoms with Crippen molar-refractivity contribution in [2.75, 3.05) is 18.5 Å². The predicted molar refractivity (Wildman–Crippen MR) is 114 cm³/mol. The second-order valence-corrected chi connectivity index (χ2v) is 7.84. The largest absolute Gasteiger partial charge is 0.394 e. The molecule has 0 unspecified atom stereocenters. The van der Waals surface area contributed by atoms with Gasteiger partial charge in [0.2, 0.25) is 5.95 Å². The summed E-state index contributed by atoms with van der Waals surface area (Å²) in [4.78, 5) is 22.6. The quantitative estimate of drug-likeness (QED) is 0.618. The van der Waals surface area contributed by atoms with Crippen LogP contribution in [0.5, 0.6) is 0 Å². The van der Waals surface area contributed by atoms with Crippen LogP contribution in [0.4, 0.5) is 15.1 Å². The Balaban J connectivity index is 2.09. The van der Waals surface area contributed by atoms with Gasteiger partial charge >= 0.3 is 6.03 Å². The van der Waals surface area contributed by atoms with Gasteiger partial charge in [-0.3, -0.25) is 0 Å². The number of primary amides is 1. The second-order valence-electron chi connectivity index (χ2n) is 7.43. The Hall–Kier alpha value is -2.45. The van der Waals surface area contributed by atoms with Crippen molar-refractivity contribution < 1.29 is 14.3 Å². The van der Waals surface area contributed by atoms with Gasteiger partial charge in [0.05, 0.1) is 35.6 Å². The van der Waals surface area contributed by atoms with E-state index < -0.39 is 11.8 Å². The SMILES string of the molecule is CC[C@@H](CO)Nc1nc2c(c([C@H](CC)c3ccc(Cl)c(F)c3)n1)CCN(C(N)=O)C2. The zero-order chi connectivity index (χ0) is 21.8. The number of rotatable bonds is 7. The van der Waals surface area contributed by atoms with Crippen molar-refractivity contribution in [1.29, 1.82) is 0 Å². The molecule has 0 fully saturated rings. The van der Waals surface area contributed by atoms with Crippen molar-refractivity contribution in [1.82, 2.24) is 14.9 Å². The summed E-state index contributed by atoms with van der Waals surface area (Å²) in [7, 11) is 0. The summed E-state index contributed by atoms with van der Waals surface area (Å²) in [5, 5.41) is 12.8. The van der Waals surface area contributed by atoms with Gasteiger partial charge in [-0.15, -0.1) is 0 Å². The fraction of sp³-hybridized carbons (Fsp3) is 0.476. The summed E-state index contributed by atoms with van der Waals surface area (Å²) in [5.41, 5.74) is 8.72. The van der Waals surface area contributed by atoms with Gasteiger partial charge in [0.15, 0.2) is 0 Å². The molecule has 0 aliphatic carbocycles. The molecule has 1 aliphatic heterocycles. The maximum absolute atomic E-state index is 14.2. The molecule has 0 spiro atoms. The molecule has 3 rings (SSSR count). The molecule has 4 N–H and O–H groups in total. The molecule has 0 saturated heterocycles. The molecule has 30 heavy (non-hydrogen) atoms. The molecule has 0 bridgehead atoms. The van der Waals surface area contributed by atoms with Crippen LogP contribution in [0.2, 0.25) is 5.02 Å². The van der Waals surface area contributed by atoms with Crippen LogP contribution in [0.3, 0.4) is 0 Å². The van der Waals surface area contributed by atoms with Crippen LogP contribution in [0.1, 0.15) is 55.1 Å². The highest BCUT2D eigenvalue weighted by atomic mass is 35.5. The van der Waals surface area contributed by atoms with Crippen molar-refractivity contribution in [2.24, 2.45) is 5.73 Å². The molecule has 162 valence electrons. The standard InChI is InChI=1S/C21H27ClFN5O2/c1-3-13(11-29)25-21-26-18-10-28(20(24)30)8-7-15(18)19(27-21)14(4-2)12-5-6-16(22)17(23)9-12/h5-6,9,13-14,29H,3-4,7-8,10-11H2,1-2H3,(H2,24,30)(H,25,26,27)/t13-,14+/m0/s1. The third kappa shape index (κ3) is 4.65. The van der Waals surface area contributed by atoms with Crippen molar-refractivity contribution in [2.45, 2.75) is 51.6 Å². The number of benzene rings is 1. The van der Waals surface area contributed by atoms with Gasteiger partial charge in [-0.25, -0.2) is 19.2 Å². The zero-order valence-corrected chi connectivity index (χ0v) is 17.9. The lowest BCUT2D eigenvalue weighted by Crippen LogP contribution is -2.40. The van der Waals surface area contributed by atoms with E-state index in [1.165, 1.54) is 11.0 Å². The first kappa shape index (κ1) is 22.2. The van der Waals surface area contributed by atoms with Gasteiger partial charge in [-0.05, 0) is 42.5 Å². The summed E-state index contributed by atoms with van der Waals surface area (Å²) in [6.45, 7) is 4.67. The zero-order valence-electron chi connectivity index (χ0n) is 17.2. The van der Waals surface area contributed by atoms with Gasteiger partial charge in [0.1, 0.15) is 5.82 Å². The molecule has 2 atom stereocenters. The van der Waals surface area contributed by atoms with Crippen molar-refractivity contribution >= 4 is 23.6 Å². The van der Waals surface area contributed by atoms with Gasteiger partial charge in [0, 0.05) is 12.5 Å². The van der Waals surface area contributed by atoms with Crippen LogP contribution in [0, 0.1) is 5.82 Å². The molecule has 2 aromatic rings. The van der Waals surface area contributed by atoms with Gasteiger partial charge in [0.25, 0.3) is 0 Å². The maximum Gasteiger partial charge on any atom is 0.315 e. The molecular formula is C21H27ClFN5O2. The molecule has 0 saturated carbocycles. The van der Waals surface area contributed by atoms with Crippen LogP contribution in [-0.4, -0.2) is 45.2 Å². The van der Waals surface area contributed by atoms with Crippen LogP contribution >= 0.6 is 11.6 Å². The lowest BCUT2D eigenvalue weighted by molar-refractivity contribution is 0.201. The highest BCUT2D eigenvalue weighted by Gasteiger charge is 2.28. The fourth-order valence-electron chi connectivity index (χ4n) is 3.78. The number of aliphatic hydroxyl groups is 1. The van der Waals surface area contributed by atoms with Crippen LogP contribution < -0.4 is 11.1 Å². The molecule has 2 amide bonds. The number of amides is 2. The summed E-state index contributed by atoms with van der Waals surface area (Å²) < 4.78 is 14.2. The Labute approximate surface area is 180 Å². The van der Waals surface area contributed by atoms with E-state index in [-0.39, 0.29) is 30.1 Å². The Bertz CT molecular complexity index is 923. The minimum absolute atomic E-state index is 0.0563. The minimum Gasteiger partial charge on any atom is -0.394 e. The molecule has 1 aromatic heterocycles. The normalized spacial score (nSPS) is 15.4. The van der Waals surface area contributed by atoms with E-state index in [1.807, 2.05) is 19.9 Å². The van der Waals surface area contributed by atoms with E-state index in [0.717, 1.165) is 16.8 Å². The number of urea groups is 1. The highest BCUT2D eigenvalue weighted by Crippen LogP contribution is 2.34. The third-order valence-electron chi connectivity index (χ3n) is 5.54. The van der Waals surface area contributed by atoms with Gasteiger partial charge in [-0.2, -0.15) is 0 Å². The predicted octanol–water partition coefficient (Wildman–Crippen LogP) is 3.43. The average Bonchev–Trinajstić information content (AvgIpc) is 2.74. The first-order valence-corrected chi connectivity index (χ1v) is 10.5. The van der Waals surface area contributed by atoms with Crippen LogP contribution in [-0.2, 0) is 13.0 Å². The molecular weight excluding hydrogens is 409 g/mol. The number of carbonyl (C=O) groups is 1. The van der Waals surface area contributed by atoms with Crippen molar-refractivity contribution in [3.63, 3.8) is 0 Å². The molecule has 0 radical (unpaired) electrons. The van der Waals surface area contributed by atoms with E-state index in [0.29, 0.717) is 37.4 Å². The Morgan fingerprint density at radius 3 is 2.73 bits per heavy atom. The van der Waals surface area contributed by atoms with E-state index in [9.17, 15) is 14.3 Å². The molecule has 9 heteroatoms. The highest BCUT2D eigenvalue weighted by molar-refractivity contribution is 6.30. The monoisotopic (exact) mass is 435 g/mol. The molecule has 1 aliphatic rings. The summed E-state index contributed by atoms with van der Waals surface area (Å²) in [6.07, 6.45) is 1.96. The summed E-state index contributed by atoms with van der Waals surface area (Å²) in [6, 6.07) is 4.11. The van der Waals surface area contributed by atoms with Gasteiger partial charge in [-0.1, -0.05) is 31.5 Å². The van der Waals surface area contributed by atoms with Crippen molar-refractivity contribution in [3.05, 3.63) is 51.6 Å². The Kier molecular flexibility index (Phi) is 7.10. The number of aromatic nitrogens is 2. The minimum atomic E-state index is -0.496. The first-order valence-electron chi connectivity index (χ1n) is 10.1. The number of nitrogens with zero attached hydrogens (tertiary/aromatic N) is 3. The number of hydrogen-bond acceptors (Lipinski definition) is 5. The molecule has 1 aromatic carbocycles. The van der Waals surface area contributed by atoms with E-state index in [2.05, 4.69) is 10.3 Å². The number of carbonyl (C=O) groups excluding carboxylic acids is 1. The maximum atomic E-state index is 14.2. The number of aliphatic hydroxyl groups excluding tert-OH is 1. The van der Waals surface area contributed by atoms with Crippen LogP contribution in [0.25, 0.3) is 0 Å². The lowest BCUT2D eigenvalue weighted by atomic mass is 9.87. The third-order valence-corrected chi connectivity index (χ3v) is 5.85. The number of fused-ring (bicyclic) bond motifs is 1. The number of anilines is 1. The number of nitrogens with two attached hydrogens (primary N) is 1. The number of nitrogens with one attached hydrogen (secondary N) is 1. The lowest BCUT2D eigenvalue weighted by Gasteiger charge is -2.30. The summed E-state index contributed by atoms with van der Waals surface area (Å²) >= 11 is 5.87.